The highest BCUT2D eigenvalue weighted by molar-refractivity contribution is 6.21. The number of Topliss-reactive ketones (excluding diaryl/α,β-unsaturated/α-hetero) is 1. The molecule has 0 saturated carbocycles. The molecule has 9 atom stereocenters. The Labute approximate surface area is 419 Å². The molecular weight excluding hydrogens is 901 g/mol. The first-order valence-corrected chi connectivity index (χ1v) is 25.5. The first-order chi connectivity index (χ1) is 33.5. The van der Waals surface area contributed by atoms with E-state index in [0.717, 1.165) is 37.2 Å². The number of carbonyl (C=O) groups excluding carboxylic acids is 3. The minimum atomic E-state index is -1.88. The van der Waals surface area contributed by atoms with Gasteiger partial charge in [-0.1, -0.05) is 66.7 Å². The van der Waals surface area contributed by atoms with E-state index in [0.29, 0.717) is 40.7 Å². The molecule has 4 heterocycles. The Morgan fingerprint density at radius 3 is 2.31 bits per heavy atom. The number of ether oxygens (including phenoxy) is 4. The largest absolute Gasteiger partial charge is 0.462 e. The lowest BCUT2D eigenvalue weighted by Crippen LogP contribution is -2.45. The third-order valence-corrected chi connectivity index (χ3v) is 15.8. The van der Waals surface area contributed by atoms with Crippen LogP contribution in [0, 0.1) is 42.4 Å². The predicted molar refractivity (Wildman–Crippen MR) is 279 cm³/mol. The number of amides is 1. The van der Waals surface area contributed by atoms with Crippen LogP contribution in [-0.4, -0.2) is 96.1 Å². The number of ketones is 1. The lowest BCUT2D eigenvalue weighted by molar-refractivity contribution is -0.157. The van der Waals surface area contributed by atoms with Crippen molar-refractivity contribution in [2.75, 3.05) is 37.5 Å². The van der Waals surface area contributed by atoms with Gasteiger partial charge in [-0.2, -0.15) is 0 Å². The molecule has 0 aromatic heterocycles. The van der Waals surface area contributed by atoms with Crippen molar-refractivity contribution >= 4 is 50.9 Å². The monoisotopic (exact) mass is 977 g/mol. The third kappa shape index (κ3) is 10.5. The summed E-state index contributed by atoms with van der Waals surface area (Å²) in [5, 5.41) is 14.9. The zero-order valence-electron chi connectivity index (χ0n) is 44.5. The number of aryl methyl sites for hydroxylation is 1. The number of rotatable bonds is 7. The first kappa shape index (κ1) is 53.2. The Bertz CT molecular complexity index is 2780. The van der Waals surface area contributed by atoms with Crippen molar-refractivity contribution in [3.05, 3.63) is 81.3 Å². The van der Waals surface area contributed by atoms with Gasteiger partial charge in [0.25, 0.3) is 11.7 Å². The van der Waals surface area contributed by atoms with Crippen molar-refractivity contribution in [3.63, 3.8) is 0 Å². The van der Waals surface area contributed by atoms with Crippen LogP contribution in [0.1, 0.15) is 117 Å². The number of hydrogen-bond donors (Lipinski definition) is 2. The van der Waals surface area contributed by atoms with Crippen LogP contribution in [0.4, 0.5) is 11.4 Å². The van der Waals surface area contributed by atoms with E-state index in [4.69, 9.17) is 28.3 Å². The number of allylic oxidation sites excluding steroid dienone is 2. The van der Waals surface area contributed by atoms with Crippen molar-refractivity contribution < 1.29 is 42.9 Å². The number of nitrogens with zero attached hydrogens (tertiary/aromatic N) is 3. The average Bonchev–Trinajstić information content (AvgIpc) is 3.60. The number of aliphatic hydroxyl groups excluding tert-OH is 1. The van der Waals surface area contributed by atoms with Crippen molar-refractivity contribution in [1.29, 1.82) is 0 Å². The summed E-state index contributed by atoms with van der Waals surface area (Å²) in [7, 11) is 3.74. The maximum atomic E-state index is 15.1. The second-order valence-electron chi connectivity index (χ2n) is 21.5. The molecule has 1 saturated heterocycles. The summed E-state index contributed by atoms with van der Waals surface area (Å²) in [6.45, 7) is 26.6. The van der Waals surface area contributed by atoms with Crippen molar-refractivity contribution in [2.24, 2.45) is 35.5 Å². The molecule has 5 aliphatic rings. The topological polar surface area (TPSA) is 170 Å². The number of hydrogen-bond acceptors (Lipinski definition) is 13. The van der Waals surface area contributed by atoms with Gasteiger partial charge in [0, 0.05) is 86.1 Å². The molecule has 0 unspecified atom stereocenters. The fourth-order valence-corrected chi connectivity index (χ4v) is 10.8. The van der Waals surface area contributed by atoms with E-state index in [-0.39, 0.29) is 68.8 Å². The molecule has 7 rings (SSSR count). The normalized spacial score (nSPS) is 28.9. The van der Waals surface area contributed by atoms with Gasteiger partial charge in [-0.3, -0.25) is 19.2 Å². The van der Waals surface area contributed by atoms with Crippen LogP contribution in [0.25, 0.3) is 33.3 Å². The fraction of sp³-hybridized carbons (Fsp3) is 0.561. The van der Waals surface area contributed by atoms with Gasteiger partial charge in [-0.15, -0.1) is 0 Å². The summed E-state index contributed by atoms with van der Waals surface area (Å²) in [5.41, 5.74) is 3.43. The molecule has 14 heteroatoms. The Morgan fingerprint density at radius 1 is 0.986 bits per heavy atom. The molecule has 14 nitrogen and oxygen atoms in total. The molecule has 384 valence electrons. The van der Waals surface area contributed by atoms with Crippen LogP contribution in [0.3, 0.4) is 0 Å². The molecule has 1 aliphatic carbocycles. The van der Waals surface area contributed by atoms with Crippen molar-refractivity contribution in [1.82, 2.24) is 9.88 Å². The molecule has 0 radical (unpaired) electrons. The number of benzene rings is 3. The molecule has 4 aliphatic heterocycles. The summed E-state index contributed by atoms with van der Waals surface area (Å²) < 4.78 is 31.6. The summed E-state index contributed by atoms with van der Waals surface area (Å²) in [5.74, 6) is -4.21. The number of piperidine rings is 1. The number of aliphatic hydroxyl groups is 1. The second-order valence-corrected chi connectivity index (χ2v) is 21.5. The van der Waals surface area contributed by atoms with Gasteiger partial charge in [0.05, 0.1) is 24.0 Å². The van der Waals surface area contributed by atoms with Crippen LogP contribution in [0.5, 0.6) is 5.75 Å². The van der Waals surface area contributed by atoms with Gasteiger partial charge in [0.2, 0.25) is 5.43 Å². The standard InChI is InChI=1S/C57H76N4O10/c1-29(2)25-39-27-41(61-22-19-40(20-23-61)60(14)30(3)4)28-44-47(39)58-48-45-42-26-33(7)52-46(45)55(65)57(13,71-52)68-24-21-43(67-15)37(11)53(69-38(12)62)36(10)34(8)35(9)50(63)31(5)17-16-18-32(6)56(66)59-49(51(42)64)54(48)70-44/h16-18,21,24,26-31,34-37,40,43,50,53,63H,19-20,22-23,25H2,1-15H3,(H,59,66)/b17-16+,24-21+,32-18-/t31-,34+,35-,36+,37+,43-,50-,53-,57-/m0/s1. The van der Waals surface area contributed by atoms with Gasteiger partial charge < -0.3 is 43.6 Å². The van der Waals surface area contributed by atoms with Crippen LogP contribution in [-0.2, 0) is 30.2 Å². The smallest absolute Gasteiger partial charge is 0.312 e. The zero-order chi connectivity index (χ0) is 52.0. The molecule has 2 aromatic rings. The van der Waals surface area contributed by atoms with E-state index in [1.807, 2.05) is 46.8 Å². The van der Waals surface area contributed by atoms with E-state index in [2.05, 4.69) is 55.9 Å². The van der Waals surface area contributed by atoms with Gasteiger partial charge in [-0.05, 0) is 107 Å². The molecule has 2 N–H and O–H groups in total. The van der Waals surface area contributed by atoms with Crippen LogP contribution < -0.4 is 20.4 Å². The van der Waals surface area contributed by atoms with E-state index in [1.165, 1.54) is 20.1 Å². The van der Waals surface area contributed by atoms with Gasteiger partial charge in [0.15, 0.2) is 11.3 Å². The first-order valence-electron chi connectivity index (χ1n) is 25.5. The molecular formula is C57H76N4O10. The number of fused-ring (bicyclic) bond motifs is 2. The van der Waals surface area contributed by atoms with E-state index in [9.17, 15) is 14.7 Å². The highest BCUT2D eigenvalue weighted by Gasteiger charge is 2.49. The number of methoxy groups -OCH3 is 1. The number of carbonyl (C=O) groups is 3. The van der Waals surface area contributed by atoms with Gasteiger partial charge in [-0.25, -0.2) is 4.98 Å². The Kier molecular flexibility index (Phi) is 15.9. The van der Waals surface area contributed by atoms with Crippen LogP contribution in [0.2, 0.25) is 0 Å². The molecule has 1 fully saturated rings. The average molecular weight is 977 g/mol. The maximum Gasteiger partial charge on any atom is 0.312 e. The van der Waals surface area contributed by atoms with Crippen LogP contribution >= 0.6 is 0 Å². The third-order valence-electron chi connectivity index (χ3n) is 15.8. The second kappa shape index (κ2) is 21.3. The summed E-state index contributed by atoms with van der Waals surface area (Å²) in [6, 6.07) is 6.73. The Hall–Kier alpha value is -5.57. The lowest BCUT2D eigenvalue weighted by atomic mass is 9.73. The molecule has 0 spiro atoms. The number of nitrogens with one attached hydrogen (secondary N) is 1. The Balaban J connectivity index is 1.44. The van der Waals surface area contributed by atoms with Gasteiger partial charge in [0.1, 0.15) is 28.8 Å². The molecule has 2 aromatic carbocycles. The molecule has 71 heavy (non-hydrogen) atoms. The van der Waals surface area contributed by atoms with Crippen molar-refractivity contribution in [3.8, 4) is 17.2 Å². The highest BCUT2D eigenvalue weighted by Crippen LogP contribution is 2.48. The SMILES string of the molecule is CO[C@H]1/C=C/O[C@@]2(C)Oc3c(C)cc4c(=O)c(c5oc6cc(N7CCC(N(C)C(C)C)CC7)cc(CC(C)C)c6nc-5c4c3C2=O)NC(=O)/C(C)=C\C=C\[C@H](C)[C@H](O)[C@@H](C)[C@@H](C)[C@@H](C)[C@H](OC(C)=O)[C@@H]1C. The zero-order valence-corrected chi connectivity index (χ0v) is 44.5. The Morgan fingerprint density at radius 2 is 1.68 bits per heavy atom. The maximum absolute atomic E-state index is 15.1. The fourth-order valence-electron chi connectivity index (χ4n) is 10.8. The number of esters is 1. The molecule has 1 amide bonds. The van der Waals surface area contributed by atoms with E-state index < -0.39 is 53.1 Å². The number of anilines is 2. The van der Waals surface area contributed by atoms with E-state index >= 15 is 9.59 Å². The summed E-state index contributed by atoms with van der Waals surface area (Å²) in [4.78, 5) is 67.1. The van der Waals surface area contributed by atoms with Crippen molar-refractivity contribution in [2.45, 2.75) is 145 Å². The minimum Gasteiger partial charge on any atom is -0.462 e. The number of aromatic nitrogens is 1. The lowest BCUT2D eigenvalue weighted by Gasteiger charge is -2.39. The quantitative estimate of drug-likeness (QED) is 0.102. The van der Waals surface area contributed by atoms with E-state index in [1.54, 1.807) is 45.3 Å². The van der Waals surface area contributed by atoms with Gasteiger partial charge >= 0.3 is 11.8 Å². The predicted octanol–water partition coefficient (Wildman–Crippen LogP) is 10.0. The molecule has 4 bridgehead atoms. The van der Waals surface area contributed by atoms with Crippen LogP contribution in [0.15, 0.2) is 63.6 Å². The highest BCUT2D eigenvalue weighted by atomic mass is 16.7. The minimum absolute atomic E-state index is 0.0210. The summed E-state index contributed by atoms with van der Waals surface area (Å²) in [6.07, 6.45) is 8.88. The summed E-state index contributed by atoms with van der Waals surface area (Å²) >= 11 is 0.